The Morgan fingerprint density at radius 3 is 2.23 bits per heavy atom. The van der Waals surface area contributed by atoms with E-state index >= 15 is 0 Å². The first kappa shape index (κ1) is 20.3. The van der Waals surface area contributed by atoms with E-state index in [4.69, 9.17) is 14.6 Å². The number of carboxylic acid groups (broad SMARTS) is 1. The second kappa shape index (κ2) is 9.08. The number of ether oxygens (including phenoxy) is 2. The average Bonchev–Trinajstić information content (AvgIpc) is 2.65. The zero-order chi connectivity index (χ0) is 19.2. The zero-order valence-electron chi connectivity index (χ0n) is 14.5. The fraction of sp³-hybridized carbons (Fsp3) is 0.500. The molecule has 9 nitrogen and oxygen atoms in total. The first-order chi connectivity index (χ1) is 12.4. The maximum Gasteiger partial charge on any atom is 0.335 e. The van der Waals surface area contributed by atoms with Gasteiger partial charge in [-0.2, -0.15) is 4.31 Å². The lowest BCUT2D eigenvalue weighted by atomic mass is 10.2. The second-order valence-electron chi connectivity index (χ2n) is 5.66. The Morgan fingerprint density at radius 2 is 1.69 bits per heavy atom. The predicted octanol–water partition coefficient (Wildman–Crippen LogP) is -0.119. The van der Waals surface area contributed by atoms with Gasteiger partial charge in [0.1, 0.15) is 6.61 Å². The fourth-order valence-corrected chi connectivity index (χ4v) is 3.91. The molecule has 0 radical (unpaired) electrons. The molecule has 0 spiro atoms. The summed E-state index contributed by atoms with van der Waals surface area (Å²) in [5, 5.41) is 8.89. The minimum atomic E-state index is -3.72. The van der Waals surface area contributed by atoms with Crippen molar-refractivity contribution in [2.24, 2.45) is 0 Å². The van der Waals surface area contributed by atoms with Crippen LogP contribution in [0.25, 0.3) is 0 Å². The molecule has 2 rings (SSSR count). The molecule has 1 N–H and O–H groups in total. The topological polar surface area (TPSA) is 113 Å². The largest absolute Gasteiger partial charge is 0.478 e. The number of rotatable bonds is 8. The zero-order valence-corrected chi connectivity index (χ0v) is 15.3. The lowest BCUT2D eigenvalue weighted by Gasteiger charge is -2.34. The van der Waals surface area contributed by atoms with Crippen LogP contribution in [0, 0.1) is 0 Å². The summed E-state index contributed by atoms with van der Waals surface area (Å²) in [6, 6.07) is 5.07. The average molecular weight is 386 g/mol. The Hall–Kier alpha value is -2.01. The van der Waals surface area contributed by atoms with Crippen molar-refractivity contribution in [3.05, 3.63) is 29.8 Å². The first-order valence-corrected chi connectivity index (χ1v) is 9.48. The summed E-state index contributed by atoms with van der Waals surface area (Å²) < 4.78 is 36.6. The minimum Gasteiger partial charge on any atom is -0.478 e. The highest BCUT2D eigenvalue weighted by atomic mass is 32.2. The molecular formula is C16H22N2O7S. The van der Waals surface area contributed by atoms with E-state index in [0.29, 0.717) is 13.2 Å². The standard InChI is InChI=1S/C16H22N2O7S/c1-24-10-11-25-12-15(19)17-6-8-18(9-7-17)26(22,23)14-4-2-13(3-5-14)16(20)21/h2-5H,6-12H2,1H3,(H,20,21). The van der Waals surface area contributed by atoms with Crippen LogP contribution in [0.4, 0.5) is 0 Å². The molecule has 1 amide bonds. The van der Waals surface area contributed by atoms with Gasteiger partial charge >= 0.3 is 5.97 Å². The van der Waals surface area contributed by atoms with Gasteiger partial charge in [-0.25, -0.2) is 13.2 Å². The molecule has 144 valence electrons. The van der Waals surface area contributed by atoms with Crippen molar-refractivity contribution in [1.82, 2.24) is 9.21 Å². The van der Waals surface area contributed by atoms with Gasteiger partial charge in [0, 0.05) is 33.3 Å². The van der Waals surface area contributed by atoms with Crippen molar-refractivity contribution < 1.29 is 32.6 Å². The number of aromatic carboxylic acids is 1. The van der Waals surface area contributed by atoms with E-state index in [1.807, 2.05) is 0 Å². The van der Waals surface area contributed by atoms with Crippen LogP contribution >= 0.6 is 0 Å². The highest BCUT2D eigenvalue weighted by Crippen LogP contribution is 2.18. The van der Waals surface area contributed by atoms with Gasteiger partial charge in [-0.15, -0.1) is 0 Å². The molecule has 1 aromatic rings. The second-order valence-corrected chi connectivity index (χ2v) is 7.60. The van der Waals surface area contributed by atoms with Gasteiger partial charge in [-0.1, -0.05) is 0 Å². The highest BCUT2D eigenvalue weighted by molar-refractivity contribution is 7.89. The number of carboxylic acids is 1. The maximum absolute atomic E-state index is 12.6. The van der Waals surface area contributed by atoms with Crippen LogP contribution in [-0.4, -0.2) is 87.7 Å². The summed E-state index contributed by atoms with van der Waals surface area (Å²) in [6.07, 6.45) is 0. The molecule has 1 aliphatic rings. The third-order valence-electron chi connectivity index (χ3n) is 3.99. The molecule has 0 unspecified atom stereocenters. The quantitative estimate of drug-likeness (QED) is 0.620. The van der Waals surface area contributed by atoms with E-state index in [9.17, 15) is 18.0 Å². The van der Waals surface area contributed by atoms with E-state index in [-0.39, 0.29) is 49.2 Å². The van der Waals surface area contributed by atoms with Crippen LogP contribution in [0.15, 0.2) is 29.2 Å². The number of hydrogen-bond donors (Lipinski definition) is 1. The number of carbonyl (C=O) groups excluding carboxylic acids is 1. The molecule has 0 aliphatic carbocycles. The van der Waals surface area contributed by atoms with Crippen LogP contribution in [0.1, 0.15) is 10.4 Å². The summed E-state index contributed by atoms with van der Waals surface area (Å²) in [7, 11) is -2.18. The molecule has 26 heavy (non-hydrogen) atoms. The summed E-state index contributed by atoms with van der Waals surface area (Å²) in [4.78, 5) is 24.5. The monoisotopic (exact) mass is 386 g/mol. The normalized spacial score (nSPS) is 15.8. The van der Waals surface area contributed by atoms with Crippen molar-refractivity contribution in [2.45, 2.75) is 4.90 Å². The van der Waals surface area contributed by atoms with E-state index < -0.39 is 16.0 Å². The molecule has 0 aromatic heterocycles. The van der Waals surface area contributed by atoms with Crippen molar-refractivity contribution in [1.29, 1.82) is 0 Å². The van der Waals surface area contributed by atoms with E-state index in [2.05, 4.69) is 0 Å². The highest BCUT2D eigenvalue weighted by Gasteiger charge is 2.30. The number of sulfonamides is 1. The van der Waals surface area contributed by atoms with Crippen molar-refractivity contribution in [3.63, 3.8) is 0 Å². The van der Waals surface area contributed by atoms with Gasteiger partial charge < -0.3 is 19.5 Å². The lowest BCUT2D eigenvalue weighted by Crippen LogP contribution is -2.51. The van der Waals surface area contributed by atoms with E-state index in [0.717, 1.165) is 0 Å². The smallest absolute Gasteiger partial charge is 0.335 e. The van der Waals surface area contributed by atoms with Gasteiger partial charge in [-0.3, -0.25) is 4.79 Å². The molecular weight excluding hydrogens is 364 g/mol. The van der Waals surface area contributed by atoms with E-state index in [1.54, 1.807) is 12.0 Å². The number of hydrogen-bond acceptors (Lipinski definition) is 6. The molecule has 0 bridgehead atoms. The number of amides is 1. The Labute approximate surface area is 152 Å². The summed E-state index contributed by atoms with van der Waals surface area (Å²) in [5.74, 6) is -1.31. The minimum absolute atomic E-state index is 0.0211. The summed E-state index contributed by atoms with van der Waals surface area (Å²) in [5.41, 5.74) is 0.0211. The van der Waals surface area contributed by atoms with Crippen LogP contribution < -0.4 is 0 Å². The van der Waals surface area contributed by atoms with Crippen LogP contribution in [0.2, 0.25) is 0 Å². The first-order valence-electron chi connectivity index (χ1n) is 8.04. The summed E-state index contributed by atoms with van der Waals surface area (Å²) >= 11 is 0. The Bertz CT molecular complexity index is 725. The van der Waals surface area contributed by atoms with Gasteiger partial charge in [0.15, 0.2) is 0 Å². The molecule has 10 heteroatoms. The number of piperazine rings is 1. The Kier molecular flexibility index (Phi) is 7.09. The van der Waals surface area contributed by atoms with Gasteiger partial charge in [-0.05, 0) is 24.3 Å². The van der Waals surface area contributed by atoms with Crippen molar-refractivity contribution >= 4 is 21.9 Å². The number of methoxy groups -OCH3 is 1. The van der Waals surface area contributed by atoms with Crippen molar-refractivity contribution in [3.8, 4) is 0 Å². The number of benzene rings is 1. The van der Waals surface area contributed by atoms with Gasteiger partial charge in [0.2, 0.25) is 15.9 Å². The molecule has 1 aromatic carbocycles. The van der Waals surface area contributed by atoms with Crippen LogP contribution in [0.5, 0.6) is 0 Å². The number of carbonyl (C=O) groups is 2. The van der Waals surface area contributed by atoms with Gasteiger partial charge in [0.05, 0.1) is 23.7 Å². The number of nitrogens with zero attached hydrogens (tertiary/aromatic N) is 2. The van der Waals surface area contributed by atoms with Crippen LogP contribution in [-0.2, 0) is 24.3 Å². The molecule has 1 fully saturated rings. The third kappa shape index (κ3) is 5.01. The summed E-state index contributed by atoms with van der Waals surface area (Å²) in [6.45, 7) is 1.56. The predicted molar refractivity (Wildman–Crippen MR) is 91.4 cm³/mol. The third-order valence-corrected chi connectivity index (χ3v) is 5.90. The van der Waals surface area contributed by atoms with Crippen molar-refractivity contribution in [2.75, 3.05) is 53.1 Å². The Morgan fingerprint density at radius 1 is 1.08 bits per heavy atom. The Balaban J connectivity index is 1.91. The lowest BCUT2D eigenvalue weighted by molar-refractivity contribution is -0.137. The fourth-order valence-electron chi connectivity index (χ4n) is 2.49. The molecule has 1 heterocycles. The molecule has 0 atom stereocenters. The SMILES string of the molecule is COCCOCC(=O)N1CCN(S(=O)(=O)c2ccc(C(=O)O)cc2)CC1. The molecule has 1 aliphatic heterocycles. The van der Waals surface area contributed by atoms with E-state index in [1.165, 1.54) is 28.6 Å². The molecule has 1 saturated heterocycles. The van der Waals surface area contributed by atoms with Gasteiger partial charge in [0.25, 0.3) is 0 Å². The molecule has 0 saturated carbocycles. The van der Waals surface area contributed by atoms with Crippen LogP contribution in [0.3, 0.4) is 0 Å². The maximum atomic E-state index is 12.6.